The molecule has 0 bridgehead atoms. The van der Waals surface area contributed by atoms with E-state index in [1.807, 2.05) is 17.1 Å². The van der Waals surface area contributed by atoms with Crippen LogP contribution < -0.4 is 4.90 Å². The SMILES string of the molecule is Cc1cnn(CCN2CCC(N(C)c3ccnc(C4CC4)n3)CC2)c1. The fourth-order valence-electron chi connectivity index (χ4n) is 3.65. The molecule has 1 aliphatic carbocycles. The van der Waals surface area contributed by atoms with E-state index in [0.717, 1.165) is 37.8 Å². The predicted octanol–water partition coefficient (Wildman–Crippen LogP) is 2.46. The number of hydrogen-bond donors (Lipinski definition) is 0. The zero-order valence-corrected chi connectivity index (χ0v) is 15.3. The Hall–Kier alpha value is -1.95. The highest BCUT2D eigenvalue weighted by atomic mass is 15.3. The lowest BCUT2D eigenvalue weighted by Gasteiger charge is -2.37. The molecular weight excluding hydrogens is 312 g/mol. The zero-order chi connectivity index (χ0) is 17.2. The van der Waals surface area contributed by atoms with Crippen LogP contribution in [-0.2, 0) is 6.54 Å². The molecule has 0 radical (unpaired) electrons. The van der Waals surface area contributed by atoms with Crippen LogP contribution in [0.15, 0.2) is 24.7 Å². The van der Waals surface area contributed by atoms with E-state index in [9.17, 15) is 0 Å². The molecular formula is C19H28N6. The number of anilines is 1. The van der Waals surface area contributed by atoms with E-state index in [2.05, 4.69) is 46.1 Å². The normalized spacial score (nSPS) is 19.3. The molecule has 2 aromatic rings. The lowest BCUT2D eigenvalue weighted by Crippen LogP contribution is -2.44. The largest absolute Gasteiger partial charge is 0.356 e. The maximum absolute atomic E-state index is 4.80. The van der Waals surface area contributed by atoms with Crippen LogP contribution in [0.25, 0.3) is 0 Å². The maximum Gasteiger partial charge on any atom is 0.133 e. The fourth-order valence-corrected chi connectivity index (χ4v) is 3.65. The van der Waals surface area contributed by atoms with Gasteiger partial charge in [0, 0.05) is 51.0 Å². The van der Waals surface area contributed by atoms with E-state index in [-0.39, 0.29) is 0 Å². The average molecular weight is 340 g/mol. The Bertz CT molecular complexity index is 699. The molecule has 0 amide bonds. The van der Waals surface area contributed by atoms with E-state index < -0.39 is 0 Å². The van der Waals surface area contributed by atoms with Crippen LogP contribution in [0.1, 0.15) is 43.0 Å². The van der Waals surface area contributed by atoms with E-state index in [1.165, 1.54) is 31.2 Å². The number of nitrogens with zero attached hydrogens (tertiary/aromatic N) is 6. The Morgan fingerprint density at radius 3 is 2.64 bits per heavy atom. The van der Waals surface area contributed by atoms with E-state index in [4.69, 9.17) is 4.98 Å². The molecule has 2 fully saturated rings. The van der Waals surface area contributed by atoms with Crippen molar-refractivity contribution in [1.82, 2.24) is 24.6 Å². The van der Waals surface area contributed by atoms with Crippen LogP contribution in [0.5, 0.6) is 0 Å². The van der Waals surface area contributed by atoms with Gasteiger partial charge in [0.05, 0.1) is 12.7 Å². The lowest BCUT2D eigenvalue weighted by molar-refractivity contribution is 0.201. The second kappa shape index (κ2) is 7.12. The molecule has 2 aromatic heterocycles. The number of hydrogen-bond acceptors (Lipinski definition) is 5. The van der Waals surface area contributed by atoms with Gasteiger partial charge in [0.2, 0.25) is 0 Å². The van der Waals surface area contributed by atoms with Crippen molar-refractivity contribution in [2.75, 3.05) is 31.6 Å². The van der Waals surface area contributed by atoms with Gasteiger partial charge in [-0.15, -0.1) is 0 Å². The van der Waals surface area contributed by atoms with E-state index >= 15 is 0 Å². The fraction of sp³-hybridized carbons (Fsp3) is 0.632. The Morgan fingerprint density at radius 1 is 1.16 bits per heavy atom. The summed E-state index contributed by atoms with van der Waals surface area (Å²) in [5.74, 6) is 2.74. The maximum atomic E-state index is 4.80. The molecule has 0 spiro atoms. The minimum atomic E-state index is 0.574. The summed E-state index contributed by atoms with van der Waals surface area (Å²) in [6.07, 6.45) is 10.9. The molecule has 134 valence electrons. The van der Waals surface area contributed by atoms with Crippen molar-refractivity contribution >= 4 is 5.82 Å². The van der Waals surface area contributed by atoms with Gasteiger partial charge in [-0.25, -0.2) is 9.97 Å². The first-order valence-electron chi connectivity index (χ1n) is 9.46. The summed E-state index contributed by atoms with van der Waals surface area (Å²) in [5, 5.41) is 4.38. The summed E-state index contributed by atoms with van der Waals surface area (Å²) in [5.41, 5.74) is 1.23. The molecule has 0 N–H and O–H groups in total. The zero-order valence-electron chi connectivity index (χ0n) is 15.3. The second-order valence-corrected chi connectivity index (χ2v) is 7.51. The molecule has 6 heteroatoms. The molecule has 0 aromatic carbocycles. The first-order valence-corrected chi connectivity index (χ1v) is 9.46. The number of piperidine rings is 1. The molecule has 1 saturated heterocycles. The molecule has 4 rings (SSSR count). The van der Waals surface area contributed by atoms with Gasteiger partial charge in [0.1, 0.15) is 11.6 Å². The van der Waals surface area contributed by atoms with Crippen molar-refractivity contribution in [3.63, 3.8) is 0 Å². The third kappa shape index (κ3) is 4.00. The highest BCUT2D eigenvalue weighted by Gasteiger charge is 2.28. The van der Waals surface area contributed by atoms with Gasteiger partial charge in [0.15, 0.2) is 0 Å². The van der Waals surface area contributed by atoms with Crippen molar-refractivity contribution in [3.8, 4) is 0 Å². The van der Waals surface area contributed by atoms with Crippen molar-refractivity contribution in [1.29, 1.82) is 0 Å². The molecule has 25 heavy (non-hydrogen) atoms. The summed E-state index contributed by atoms with van der Waals surface area (Å²) < 4.78 is 2.05. The van der Waals surface area contributed by atoms with Crippen LogP contribution in [-0.4, -0.2) is 57.4 Å². The third-order valence-electron chi connectivity index (χ3n) is 5.48. The lowest BCUT2D eigenvalue weighted by atomic mass is 10.0. The summed E-state index contributed by atoms with van der Waals surface area (Å²) >= 11 is 0. The van der Waals surface area contributed by atoms with Crippen molar-refractivity contribution in [3.05, 3.63) is 36.0 Å². The quantitative estimate of drug-likeness (QED) is 0.808. The van der Waals surface area contributed by atoms with Crippen LogP contribution >= 0.6 is 0 Å². The topological polar surface area (TPSA) is 50.1 Å². The van der Waals surface area contributed by atoms with Crippen LogP contribution in [0.2, 0.25) is 0 Å². The van der Waals surface area contributed by atoms with Gasteiger partial charge < -0.3 is 9.80 Å². The molecule has 0 unspecified atom stereocenters. The number of aryl methyl sites for hydroxylation is 1. The second-order valence-electron chi connectivity index (χ2n) is 7.51. The number of likely N-dealkylation sites (tertiary alicyclic amines) is 1. The number of aromatic nitrogens is 4. The summed E-state index contributed by atoms with van der Waals surface area (Å²) in [6, 6.07) is 2.63. The number of rotatable bonds is 6. The Morgan fingerprint density at radius 2 is 1.96 bits per heavy atom. The van der Waals surface area contributed by atoms with Gasteiger partial charge in [-0.05, 0) is 44.2 Å². The van der Waals surface area contributed by atoms with Gasteiger partial charge in [0.25, 0.3) is 0 Å². The van der Waals surface area contributed by atoms with Gasteiger partial charge in [-0.2, -0.15) is 5.10 Å². The minimum absolute atomic E-state index is 0.574. The molecule has 0 atom stereocenters. The summed E-state index contributed by atoms with van der Waals surface area (Å²) in [6.45, 7) is 6.44. The van der Waals surface area contributed by atoms with E-state index in [1.54, 1.807) is 0 Å². The highest BCUT2D eigenvalue weighted by molar-refractivity contribution is 5.38. The molecule has 6 nitrogen and oxygen atoms in total. The smallest absolute Gasteiger partial charge is 0.133 e. The minimum Gasteiger partial charge on any atom is -0.356 e. The molecule has 3 heterocycles. The summed E-state index contributed by atoms with van der Waals surface area (Å²) in [4.78, 5) is 14.2. The average Bonchev–Trinajstić information content (AvgIpc) is 3.42. The van der Waals surface area contributed by atoms with Crippen LogP contribution in [0.4, 0.5) is 5.82 Å². The predicted molar refractivity (Wildman–Crippen MR) is 98.8 cm³/mol. The van der Waals surface area contributed by atoms with E-state index in [0.29, 0.717) is 12.0 Å². The van der Waals surface area contributed by atoms with Crippen LogP contribution in [0, 0.1) is 6.92 Å². The first kappa shape index (κ1) is 16.5. The standard InChI is InChI=1S/C19H28N6/c1-15-13-21-25(14-15)12-11-24-9-6-17(7-10-24)23(2)18-5-8-20-19(22-18)16-3-4-16/h5,8,13-14,16-17H,3-4,6-7,9-12H2,1-2H3. The van der Waals surface area contributed by atoms with Gasteiger partial charge in [-0.1, -0.05) is 0 Å². The van der Waals surface area contributed by atoms with Gasteiger partial charge >= 0.3 is 0 Å². The molecule has 1 aliphatic heterocycles. The first-order chi connectivity index (χ1) is 12.2. The Balaban J connectivity index is 1.28. The molecule has 1 saturated carbocycles. The van der Waals surface area contributed by atoms with Crippen LogP contribution in [0.3, 0.4) is 0 Å². The van der Waals surface area contributed by atoms with Crippen molar-refractivity contribution < 1.29 is 0 Å². The Labute approximate surface area is 149 Å². The third-order valence-corrected chi connectivity index (χ3v) is 5.48. The Kier molecular flexibility index (Phi) is 4.70. The monoisotopic (exact) mass is 340 g/mol. The van der Waals surface area contributed by atoms with Crippen molar-refractivity contribution in [2.24, 2.45) is 0 Å². The van der Waals surface area contributed by atoms with Crippen molar-refractivity contribution in [2.45, 2.75) is 51.1 Å². The molecule has 2 aliphatic rings. The van der Waals surface area contributed by atoms with Gasteiger partial charge in [-0.3, -0.25) is 4.68 Å². The highest BCUT2D eigenvalue weighted by Crippen LogP contribution is 2.38. The summed E-state index contributed by atoms with van der Waals surface area (Å²) in [7, 11) is 2.19.